The molecular formula is C16H18F2N2O6. The van der Waals surface area contributed by atoms with E-state index in [4.69, 9.17) is 9.47 Å². The second kappa shape index (κ2) is 8.97. The number of esters is 1. The van der Waals surface area contributed by atoms with Crippen LogP contribution in [0.3, 0.4) is 0 Å². The van der Waals surface area contributed by atoms with Gasteiger partial charge >= 0.3 is 12.6 Å². The third kappa shape index (κ3) is 5.57. The van der Waals surface area contributed by atoms with Crippen LogP contribution in [0.15, 0.2) is 18.2 Å². The Balaban J connectivity index is 1.79. The zero-order valence-electron chi connectivity index (χ0n) is 13.9. The molecule has 1 aliphatic rings. The van der Waals surface area contributed by atoms with Gasteiger partial charge in [0.05, 0.1) is 7.11 Å². The van der Waals surface area contributed by atoms with E-state index < -0.39 is 31.1 Å². The highest BCUT2D eigenvalue weighted by molar-refractivity contribution is 5.89. The number of carbonyl (C=O) groups is 3. The lowest BCUT2D eigenvalue weighted by Gasteiger charge is -2.12. The number of carbonyl (C=O) groups excluding carboxylic acids is 3. The zero-order chi connectivity index (χ0) is 19.1. The maximum Gasteiger partial charge on any atom is 0.387 e. The molecule has 0 bridgehead atoms. The molecule has 0 aliphatic carbocycles. The van der Waals surface area contributed by atoms with Crippen LogP contribution in [0, 0.1) is 0 Å². The Kier molecular flexibility index (Phi) is 6.70. The average Bonchev–Trinajstić information content (AvgIpc) is 3.04. The van der Waals surface area contributed by atoms with Crippen molar-refractivity contribution in [2.75, 3.05) is 13.7 Å². The molecule has 10 heteroatoms. The van der Waals surface area contributed by atoms with E-state index in [1.54, 1.807) is 0 Å². The first kappa shape index (κ1) is 19.4. The summed E-state index contributed by atoms with van der Waals surface area (Å²) in [6.45, 7) is -3.40. The molecule has 1 atom stereocenters. The third-order valence-corrected chi connectivity index (χ3v) is 3.56. The van der Waals surface area contributed by atoms with Gasteiger partial charge in [-0.2, -0.15) is 8.78 Å². The molecule has 0 saturated carbocycles. The van der Waals surface area contributed by atoms with E-state index in [0.29, 0.717) is 12.0 Å². The molecule has 0 unspecified atom stereocenters. The molecule has 1 fully saturated rings. The van der Waals surface area contributed by atoms with Gasteiger partial charge in [-0.15, -0.1) is 0 Å². The molecule has 1 aliphatic heterocycles. The molecule has 0 aromatic heterocycles. The summed E-state index contributed by atoms with van der Waals surface area (Å²) in [5.74, 6) is -1.47. The Bertz CT molecular complexity index is 683. The summed E-state index contributed by atoms with van der Waals surface area (Å²) in [4.78, 5) is 34.4. The lowest BCUT2D eigenvalue weighted by molar-refractivity contribution is -0.150. The van der Waals surface area contributed by atoms with Gasteiger partial charge in [0.2, 0.25) is 5.91 Å². The number of rotatable bonds is 8. The van der Waals surface area contributed by atoms with Crippen molar-refractivity contribution in [1.29, 1.82) is 0 Å². The predicted octanol–water partition coefficient (Wildman–Crippen LogP) is 0.735. The van der Waals surface area contributed by atoms with Crippen LogP contribution in [0.5, 0.6) is 11.5 Å². The van der Waals surface area contributed by atoms with Crippen molar-refractivity contribution < 1.29 is 37.4 Å². The van der Waals surface area contributed by atoms with E-state index in [-0.39, 0.29) is 30.4 Å². The van der Waals surface area contributed by atoms with Crippen LogP contribution < -0.4 is 20.1 Å². The van der Waals surface area contributed by atoms with Crippen LogP contribution >= 0.6 is 0 Å². The number of alkyl halides is 2. The minimum Gasteiger partial charge on any atom is -0.493 e. The van der Waals surface area contributed by atoms with E-state index in [1.807, 2.05) is 0 Å². The number of benzene rings is 1. The molecule has 1 aromatic rings. The Morgan fingerprint density at radius 3 is 2.73 bits per heavy atom. The Morgan fingerprint density at radius 2 is 2.12 bits per heavy atom. The van der Waals surface area contributed by atoms with Crippen molar-refractivity contribution in [3.05, 3.63) is 23.8 Å². The highest BCUT2D eigenvalue weighted by Crippen LogP contribution is 2.29. The van der Waals surface area contributed by atoms with Crippen molar-refractivity contribution in [3.63, 3.8) is 0 Å². The van der Waals surface area contributed by atoms with Gasteiger partial charge in [0.1, 0.15) is 6.04 Å². The largest absolute Gasteiger partial charge is 0.493 e. The molecule has 26 heavy (non-hydrogen) atoms. The molecule has 2 amide bonds. The molecule has 0 radical (unpaired) electrons. The molecule has 0 spiro atoms. The molecule has 2 rings (SSSR count). The molecular weight excluding hydrogens is 354 g/mol. The maximum atomic E-state index is 12.3. The number of methoxy groups -OCH3 is 1. The van der Waals surface area contributed by atoms with Gasteiger partial charge in [0.15, 0.2) is 18.1 Å². The molecule has 1 saturated heterocycles. The maximum absolute atomic E-state index is 12.3. The van der Waals surface area contributed by atoms with Crippen LogP contribution in [0.2, 0.25) is 0 Å². The first-order chi connectivity index (χ1) is 12.4. The van der Waals surface area contributed by atoms with Gasteiger partial charge in [0, 0.05) is 13.0 Å². The number of nitrogens with one attached hydrogen (secondary N) is 2. The summed E-state index contributed by atoms with van der Waals surface area (Å²) in [6, 6.07) is 3.51. The number of hydrogen-bond acceptors (Lipinski definition) is 6. The molecule has 1 aromatic carbocycles. The van der Waals surface area contributed by atoms with Gasteiger partial charge in [0.25, 0.3) is 5.91 Å². The fourth-order valence-corrected chi connectivity index (χ4v) is 2.30. The fraction of sp³-hybridized carbons (Fsp3) is 0.438. The van der Waals surface area contributed by atoms with Gasteiger partial charge in [-0.25, -0.2) is 4.79 Å². The first-order valence-electron chi connectivity index (χ1n) is 7.73. The van der Waals surface area contributed by atoms with E-state index in [0.717, 1.165) is 0 Å². The van der Waals surface area contributed by atoms with Crippen LogP contribution in [-0.4, -0.2) is 44.2 Å². The summed E-state index contributed by atoms with van der Waals surface area (Å²) >= 11 is 0. The number of ether oxygens (including phenoxy) is 3. The monoisotopic (exact) mass is 372 g/mol. The summed E-state index contributed by atoms with van der Waals surface area (Å²) < 4.78 is 38.7. The topological polar surface area (TPSA) is 103 Å². The average molecular weight is 372 g/mol. The van der Waals surface area contributed by atoms with Gasteiger partial charge in [-0.05, 0) is 24.1 Å². The lowest BCUT2D eigenvalue weighted by Crippen LogP contribution is -2.37. The summed E-state index contributed by atoms with van der Waals surface area (Å²) in [7, 11) is 1.30. The van der Waals surface area contributed by atoms with Gasteiger partial charge < -0.3 is 24.8 Å². The second-order valence-corrected chi connectivity index (χ2v) is 5.41. The fourth-order valence-electron chi connectivity index (χ4n) is 2.30. The highest BCUT2D eigenvalue weighted by Gasteiger charge is 2.28. The standard InChI is InChI=1S/C16H18F2N2O6/c1-24-12-6-9(2-4-11(12)26-16(17)18)7-19-14(22)8-25-15(23)10-3-5-13(21)20-10/h2,4,6,10,16H,3,5,7-8H2,1H3,(H,19,22)(H,20,21)/t10-/m0/s1. The van der Waals surface area contributed by atoms with Gasteiger partial charge in [-0.1, -0.05) is 6.07 Å². The number of hydrogen-bond donors (Lipinski definition) is 2. The highest BCUT2D eigenvalue weighted by atomic mass is 19.3. The van der Waals surface area contributed by atoms with Crippen LogP contribution in [0.1, 0.15) is 18.4 Å². The van der Waals surface area contributed by atoms with Crippen molar-refractivity contribution >= 4 is 17.8 Å². The van der Waals surface area contributed by atoms with Crippen molar-refractivity contribution in [1.82, 2.24) is 10.6 Å². The second-order valence-electron chi connectivity index (χ2n) is 5.41. The molecule has 142 valence electrons. The zero-order valence-corrected chi connectivity index (χ0v) is 13.9. The molecule has 1 heterocycles. The SMILES string of the molecule is COc1cc(CNC(=O)COC(=O)[C@@H]2CCC(=O)N2)ccc1OC(F)F. The summed E-state index contributed by atoms with van der Waals surface area (Å²) in [5.41, 5.74) is 0.575. The number of halogens is 2. The van der Waals surface area contributed by atoms with Crippen molar-refractivity contribution in [2.24, 2.45) is 0 Å². The van der Waals surface area contributed by atoms with E-state index in [9.17, 15) is 23.2 Å². The van der Waals surface area contributed by atoms with Crippen LogP contribution in [-0.2, 0) is 25.7 Å². The Hall–Kier alpha value is -2.91. The van der Waals surface area contributed by atoms with Crippen molar-refractivity contribution in [3.8, 4) is 11.5 Å². The van der Waals surface area contributed by atoms with Gasteiger partial charge in [-0.3, -0.25) is 9.59 Å². The smallest absolute Gasteiger partial charge is 0.387 e. The summed E-state index contributed by atoms with van der Waals surface area (Å²) in [5, 5.41) is 4.96. The minimum absolute atomic E-state index is 0.0713. The van der Waals surface area contributed by atoms with Crippen LogP contribution in [0.25, 0.3) is 0 Å². The number of amides is 2. The van der Waals surface area contributed by atoms with E-state index >= 15 is 0 Å². The lowest BCUT2D eigenvalue weighted by atomic mass is 10.2. The normalized spacial score (nSPS) is 16.2. The van der Waals surface area contributed by atoms with E-state index in [1.165, 1.54) is 25.3 Å². The molecule has 2 N–H and O–H groups in total. The summed E-state index contributed by atoms with van der Waals surface area (Å²) in [6.07, 6.45) is 0.588. The third-order valence-electron chi connectivity index (χ3n) is 3.56. The van der Waals surface area contributed by atoms with Crippen molar-refractivity contribution in [2.45, 2.75) is 32.0 Å². The molecule has 8 nitrogen and oxygen atoms in total. The first-order valence-corrected chi connectivity index (χ1v) is 7.73. The minimum atomic E-state index is -2.98. The Labute approximate surface area is 147 Å². The Morgan fingerprint density at radius 1 is 1.35 bits per heavy atom. The predicted molar refractivity (Wildman–Crippen MR) is 83.6 cm³/mol. The van der Waals surface area contributed by atoms with Crippen LogP contribution in [0.4, 0.5) is 8.78 Å². The van der Waals surface area contributed by atoms with E-state index in [2.05, 4.69) is 15.4 Å². The quantitative estimate of drug-likeness (QED) is 0.653.